The first-order chi connectivity index (χ1) is 7.61. The van der Waals surface area contributed by atoms with Gasteiger partial charge in [-0.3, -0.25) is 4.98 Å². The number of piperidine rings is 1. The van der Waals surface area contributed by atoms with Crippen molar-refractivity contribution in [2.75, 3.05) is 4.90 Å². The number of aryl methyl sites for hydroxylation is 1. The van der Waals surface area contributed by atoms with E-state index in [1.165, 1.54) is 24.9 Å². The molecule has 16 heavy (non-hydrogen) atoms. The molecule has 1 aromatic rings. The summed E-state index contributed by atoms with van der Waals surface area (Å²) >= 11 is 3.67. The molecule has 2 heterocycles. The fraction of sp³-hybridized carbons (Fsp3) is 0.615. The van der Waals surface area contributed by atoms with Gasteiger partial charge in [0.25, 0.3) is 0 Å². The van der Waals surface area contributed by atoms with Gasteiger partial charge in [-0.1, -0.05) is 0 Å². The highest BCUT2D eigenvalue weighted by Gasteiger charge is 2.26. The lowest BCUT2D eigenvalue weighted by Gasteiger charge is -2.41. The molecule has 2 nitrogen and oxygen atoms in total. The fourth-order valence-corrected chi connectivity index (χ4v) is 3.07. The Kier molecular flexibility index (Phi) is 3.53. The summed E-state index contributed by atoms with van der Waals surface area (Å²) in [5, 5.41) is 0. The van der Waals surface area contributed by atoms with Crippen LogP contribution < -0.4 is 4.90 Å². The number of hydrogen-bond acceptors (Lipinski definition) is 2. The van der Waals surface area contributed by atoms with E-state index in [4.69, 9.17) is 0 Å². The zero-order chi connectivity index (χ0) is 11.7. The smallest absolute Gasteiger partial charge is 0.0621 e. The van der Waals surface area contributed by atoms with Crippen LogP contribution in [0.25, 0.3) is 0 Å². The second kappa shape index (κ2) is 4.74. The highest BCUT2D eigenvalue weighted by Crippen LogP contribution is 2.35. The summed E-state index contributed by atoms with van der Waals surface area (Å²) in [5.41, 5.74) is 2.37. The molecule has 3 heteroatoms. The van der Waals surface area contributed by atoms with Crippen molar-refractivity contribution in [1.82, 2.24) is 4.98 Å². The molecule has 0 amide bonds. The van der Waals surface area contributed by atoms with Gasteiger partial charge in [-0.05, 0) is 62.0 Å². The molecule has 0 aliphatic carbocycles. The van der Waals surface area contributed by atoms with E-state index in [2.05, 4.69) is 45.7 Å². The van der Waals surface area contributed by atoms with Crippen LogP contribution in [0.1, 0.15) is 38.8 Å². The predicted octanol–water partition coefficient (Wildman–Crippen LogP) is 3.92. The van der Waals surface area contributed by atoms with Gasteiger partial charge in [-0.15, -0.1) is 0 Å². The molecule has 1 aliphatic rings. The summed E-state index contributed by atoms with van der Waals surface area (Å²) in [5.74, 6) is 0. The van der Waals surface area contributed by atoms with Crippen LogP contribution in [0.3, 0.4) is 0 Å². The summed E-state index contributed by atoms with van der Waals surface area (Å²) in [4.78, 5) is 6.84. The van der Waals surface area contributed by atoms with E-state index in [0.717, 1.165) is 10.2 Å². The Bertz CT molecular complexity index is 368. The third-order valence-electron chi connectivity index (χ3n) is 3.51. The van der Waals surface area contributed by atoms with E-state index in [1.807, 2.05) is 13.1 Å². The molecule has 88 valence electrons. The maximum absolute atomic E-state index is 4.31. The molecule has 1 saturated heterocycles. The molecule has 0 radical (unpaired) electrons. The van der Waals surface area contributed by atoms with Gasteiger partial charge in [-0.2, -0.15) is 0 Å². The number of nitrogens with zero attached hydrogens (tertiary/aromatic N) is 2. The van der Waals surface area contributed by atoms with Crippen molar-refractivity contribution in [3.8, 4) is 0 Å². The maximum atomic E-state index is 4.31. The van der Waals surface area contributed by atoms with Crippen molar-refractivity contribution >= 4 is 21.6 Å². The number of pyridine rings is 1. The minimum absolute atomic E-state index is 0.627. The lowest BCUT2D eigenvalue weighted by Crippen LogP contribution is -2.44. The molecular formula is C13H19BrN2. The topological polar surface area (TPSA) is 16.1 Å². The van der Waals surface area contributed by atoms with E-state index in [1.54, 1.807) is 0 Å². The summed E-state index contributed by atoms with van der Waals surface area (Å²) in [7, 11) is 0. The number of rotatable bonds is 1. The third-order valence-corrected chi connectivity index (χ3v) is 4.49. The first kappa shape index (κ1) is 11.9. The minimum atomic E-state index is 0.627. The van der Waals surface area contributed by atoms with Crippen molar-refractivity contribution in [1.29, 1.82) is 0 Å². The SMILES string of the molecule is Cc1nccc(N2C(C)CCCC2C)c1Br. The summed E-state index contributed by atoms with van der Waals surface area (Å²) < 4.78 is 1.15. The fourth-order valence-electron chi connectivity index (χ4n) is 2.63. The molecule has 0 N–H and O–H groups in total. The Labute approximate surface area is 106 Å². The van der Waals surface area contributed by atoms with Gasteiger partial charge in [0.1, 0.15) is 0 Å². The number of halogens is 1. The van der Waals surface area contributed by atoms with Gasteiger partial charge < -0.3 is 4.90 Å². The maximum Gasteiger partial charge on any atom is 0.0621 e. The largest absolute Gasteiger partial charge is 0.365 e. The molecule has 1 aliphatic heterocycles. The highest BCUT2D eigenvalue weighted by atomic mass is 79.9. The third kappa shape index (κ3) is 2.10. The van der Waals surface area contributed by atoms with Gasteiger partial charge in [0.15, 0.2) is 0 Å². The first-order valence-electron chi connectivity index (χ1n) is 6.00. The molecule has 1 aromatic heterocycles. The van der Waals surface area contributed by atoms with Crippen LogP contribution in [0, 0.1) is 6.92 Å². The molecule has 0 spiro atoms. The van der Waals surface area contributed by atoms with Crippen LogP contribution >= 0.6 is 15.9 Å². The van der Waals surface area contributed by atoms with E-state index in [9.17, 15) is 0 Å². The Balaban J connectivity index is 2.38. The Morgan fingerprint density at radius 2 is 1.94 bits per heavy atom. The lowest BCUT2D eigenvalue weighted by atomic mass is 9.97. The van der Waals surface area contributed by atoms with Crippen LogP contribution in [0.5, 0.6) is 0 Å². The Hall–Kier alpha value is -0.570. The first-order valence-corrected chi connectivity index (χ1v) is 6.80. The van der Waals surface area contributed by atoms with Crippen molar-refractivity contribution < 1.29 is 0 Å². The molecule has 2 atom stereocenters. The van der Waals surface area contributed by atoms with Crippen LogP contribution in [0.15, 0.2) is 16.7 Å². The van der Waals surface area contributed by atoms with Gasteiger partial charge in [0, 0.05) is 18.3 Å². The monoisotopic (exact) mass is 282 g/mol. The summed E-state index contributed by atoms with van der Waals surface area (Å²) in [6, 6.07) is 3.37. The van der Waals surface area contributed by atoms with Crippen molar-refractivity contribution in [3.63, 3.8) is 0 Å². The van der Waals surface area contributed by atoms with E-state index >= 15 is 0 Å². The van der Waals surface area contributed by atoms with Crippen LogP contribution in [-0.4, -0.2) is 17.1 Å². The average molecular weight is 283 g/mol. The molecule has 1 fully saturated rings. The molecular weight excluding hydrogens is 264 g/mol. The Morgan fingerprint density at radius 3 is 2.56 bits per heavy atom. The van der Waals surface area contributed by atoms with Gasteiger partial charge in [0.2, 0.25) is 0 Å². The van der Waals surface area contributed by atoms with Crippen molar-refractivity contribution in [2.45, 2.75) is 52.1 Å². The number of anilines is 1. The minimum Gasteiger partial charge on any atom is -0.365 e. The second-order valence-corrected chi connectivity index (χ2v) is 5.56. The molecule has 0 saturated carbocycles. The normalized spacial score (nSPS) is 25.9. The molecule has 0 aromatic carbocycles. The van der Waals surface area contributed by atoms with E-state index < -0.39 is 0 Å². The van der Waals surface area contributed by atoms with E-state index in [-0.39, 0.29) is 0 Å². The van der Waals surface area contributed by atoms with Gasteiger partial charge >= 0.3 is 0 Å². The van der Waals surface area contributed by atoms with Gasteiger partial charge in [0.05, 0.1) is 15.9 Å². The quantitative estimate of drug-likeness (QED) is 0.776. The number of aromatic nitrogens is 1. The standard InChI is InChI=1S/C13H19BrN2/c1-9-5-4-6-10(2)16(9)12-7-8-15-11(3)13(12)14/h7-10H,4-6H2,1-3H3. The van der Waals surface area contributed by atoms with Crippen molar-refractivity contribution in [2.24, 2.45) is 0 Å². The second-order valence-electron chi connectivity index (χ2n) is 4.77. The lowest BCUT2D eigenvalue weighted by molar-refractivity contribution is 0.413. The van der Waals surface area contributed by atoms with Crippen LogP contribution in [0.2, 0.25) is 0 Å². The zero-order valence-corrected chi connectivity index (χ0v) is 11.8. The summed E-state index contributed by atoms with van der Waals surface area (Å²) in [6.45, 7) is 6.68. The molecule has 2 rings (SSSR count). The van der Waals surface area contributed by atoms with Crippen molar-refractivity contribution in [3.05, 3.63) is 22.4 Å². The van der Waals surface area contributed by atoms with Crippen LogP contribution in [-0.2, 0) is 0 Å². The Morgan fingerprint density at radius 1 is 1.31 bits per heavy atom. The number of hydrogen-bond donors (Lipinski definition) is 0. The molecule has 2 unspecified atom stereocenters. The highest BCUT2D eigenvalue weighted by molar-refractivity contribution is 9.10. The summed E-state index contributed by atoms with van der Waals surface area (Å²) in [6.07, 6.45) is 5.83. The predicted molar refractivity (Wildman–Crippen MR) is 71.9 cm³/mol. The molecule has 0 bridgehead atoms. The van der Waals surface area contributed by atoms with E-state index in [0.29, 0.717) is 12.1 Å². The average Bonchev–Trinajstić information content (AvgIpc) is 2.24. The van der Waals surface area contributed by atoms with Gasteiger partial charge in [-0.25, -0.2) is 0 Å². The van der Waals surface area contributed by atoms with Crippen LogP contribution in [0.4, 0.5) is 5.69 Å². The zero-order valence-electron chi connectivity index (χ0n) is 10.2.